The number of carboxylic acids is 2. The maximum Gasteiger partial charge on any atom is 0.326 e. The number of nitrogens with one attached hydrogen (secondary N) is 2. The molecule has 0 aliphatic rings. The SMILES string of the molecule is NCCOCCOCCOCCOCCOCCOCCOCCOCCOCCOCCOCCNC(=O)CC[C@H](NC(=O)CCCCCCCCCCCCCCCCC(=O)O)C(=O)O. The average Bonchev–Trinajstić information content (AvgIpc) is 3.31. The van der Waals surface area contributed by atoms with Gasteiger partial charge in [0.05, 0.1) is 145 Å². The van der Waals surface area contributed by atoms with Gasteiger partial charge in [0.15, 0.2) is 0 Å². The molecular formula is C47H91N3O17. The first kappa shape index (κ1) is 64.4. The van der Waals surface area contributed by atoms with Crippen molar-refractivity contribution in [1.29, 1.82) is 0 Å². The van der Waals surface area contributed by atoms with E-state index in [1.807, 2.05) is 0 Å². The highest BCUT2D eigenvalue weighted by Crippen LogP contribution is 2.14. The number of amides is 2. The molecule has 0 rings (SSSR count). The lowest BCUT2D eigenvalue weighted by Crippen LogP contribution is -2.41. The smallest absolute Gasteiger partial charge is 0.326 e. The first-order chi connectivity index (χ1) is 32.9. The van der Waals surface area contributed by atoms with E-state index >= 15 is 0 Å². The van der Waals surface area contributed by atoms with Gasteiger partial charge in [0.1, 0.15) is 6.04 Å². The van der Waals surface area contributed by atoms with Crippen molar-refractivity contribution >= 4 is 23.8 Å². The molecule has 0 bridgehead atoms. The second-order valence-corrected chi connectivity index (χ2v) is 15.7. The van der Waals surface area contributed by atoms with E-state index in [0.717, 1.165) is 38.5 Å². The van der Waals surface area contributed by atoms with E-state index in [-0.39, 0.29) is 50.6 Å². The van der Waals surface area contributed by atoms with Crippen LogP contribution in [0.25, 0.3) is 0 Å². The summed E-state index contributed by atoms with van der Waals surface area (Å²) in [6.45, 7) is 11.0. The summed E-state index contributed by atoms with van der Waals surface area (Å²) in [6.07, 6.45) is 15.7. The van der Waals surface area contributed by atoms with E-state index in [2.05, 4.69) is 10.6 Å². The summed E-state index contributed by atoms with van der Waals surface area (Å²) >= 11 is 0. The molecule has 396 valence electrons. The number of carboxylic acid groups (broad SMARTS) is 2. The van der Waals surface area contributed by atoms with E-state index < -0.39 is 18.0 Å². The second kappa shape index (κ2) is 54.3. The highest BCUT2D eigenvalue weighted by Gasteiger charge is 2.20. The van der Waals surface area contributed by atoms with Crippen molar-refractivity contribution in [2.24, 2.45) is 5.73 Å². The van der Waals surface area contributed by atoms with Gasteiger partial charge in [-0.05, 0) is 19.3 Å². The van der Waals surface area contributed by atoms with Gasteiger partial charge in [-0.2, -0.15) is 0 Å². The van der Waals surface area contributed by atoms with Gasteiger partial charge in [0.25, 0.3) is 0 Å². The fraction of sp³-hybridized carbons (Fsp3) is 0.915. The third-order valence-corrected chi connectivity index (χ3v) is 9.89. The molecule has 0 unspecified atom stereocenters. The third-order valence-electron chi connectivity index (χ3n) is 9.89. The van der Waals surface area contributed by atoms with E-state index in [0.29, 0.717) is 152 Å². The highest BCUT2D eigenvalue weighted by molar-refractivity contribution is 5.84. The number of carbonyl (C=O) groups is 4. The number of ether oxygens (including phenoxy) is 11. The van der Waals surface area contributed by atoms with Crippen LogP contribution in [0.15, 0.2) is 0 Å². The molecule has 0 radical (unpaired) electrons. The summed E-state index contributed by atoms with van der Waals surface area (Å²) in [5.41, 5.74) is 5.34. The van der Waals surface area contributed by atoms with Gasteiger partial charge in [0, 0.05) is 32.4 Å². The number of aliphatic carboxylic acids is 2. The summed E-state index contributed by atoms with van der Waals surface area (Å²) in [6, 6.07) is -1.11. The lowest BCUT2D eigenvalue weighted by molar-refractivity contribution is -0.142. The van der Waals surface area contributed by atoms with Gasteiger partial charge in [-0.1, -0.05) is 77.0 Å². The summed E-state index contributed by atoms with van der Waals surface area (Å²) < 4.78 is 59.8. The molecular weight excluding hydrogens is 879 g/mol. The Bertz CT molecular complexity index is 1100. The van der Waals surface area contributed by atoms with Crippen LogP contribution in [0, 0.1) is 0 Å². The van der Waals surface area contributed by atoms with Crippen LogP contribution < -0.4 is 16.4 Å². The number of carbonyl (C=O) groups excluding carboxylic acids is 2. The first-order valence-electron chi connectivity index (χ1n) is 24.9. The molecule has 0 aromatic carbocycles. The van der Waals surface area contributed by atoms with Gasteiger partial charge < -0.3 is 78.7 Å². The van der Waals surface area contributed by atoms with Crippen molar-refractivity contribution in [3.63, 3.8) is 0 Å². The van der Waals surface area contributed by atoms with Crippen molar-refractivity contribution in [3.8, 4) is 0 Å². The standard InChI is InChI=1S/C47H91N3O17/c48-19-21-57-23-25-59-27-29-61-31-33-63-35-37-65-39-41-67-42-40-66-38-36-64-34-32-62-30-28-60-26-24-58-22-20-49-44(51)18-17-43(47(55)56)50-45(52)15-13-11-9-7-5-3-1-2-4-6-8-10-12-14-16-46(53)54/h43H,1-42,48H2,(H,49,51)(H,50,52)(H,53,54)(H,55,56)/t43-/m0/s1. The summed E-state index contributed by atoms with van der Waals surface area (Å²) in [7, 11) is 0. The maximum atomic E-state index is 12.3. The Kier molecular flexibility index (Phi) is 52.2. The summed E-state index contributed by atoms with van der Waals surface area (Å²) in [5, 5.41) is 23.5. The van der Waals surface area contributed by atoms with Crippen molar-refractivity contribution in [2.75, 3.05) is 158 Å². The predicted molar refractivity (Wildman–Crippen MR) is 251 cm³/mol. The van der Waals surface area contributed by atoms with Gasteiger partial charge in [0.2, 0.25) is 11.8 Å². The normalized spacial score (nSPS) is 11.8. The molecule has 0 saturated carbocycles. The van der Waals surface area contributed by atoms with Crippen molar-refractivity contribution in [1.82, 2.24) is 10.6 Å². The molecule has 20 heteroatoms. The molecule has 6 N–H and O–H groups in total. The summed E-state index contributed by atoms with van der Waals surface area (Å²) in [5.74, 6) is -2.48. The first-order valence-corrected chi connectivity index (χ1v) is 24.9. The number of nitrogens with two attached hydrogens (primary N) is 1. The molecule has 0 aromatic rings. The minimum atomic E-state index is -1.16. The number of rotatable bonds is 57. The quantitative estimate of drug-likeness (QED) is 0.0541. The molecule has 1 atom stereocenters. The third kappa shape index (κ3) is 54.2. The molecule has 67 heavy (non-hydrogen) atoms. The molecule has 20 nitrogen and oxygen atoms in total. The molecule has 0 saturated heterocycles. The molecule has 0 heterocycles. The molecule has 0 aliphatic heterocycles. The van der Waals surface area contributed by atoms with E-state index in [1.165, 1.54) is 44.9 Å². The lowest BCUT2D eigenvalue weighted by atomic mass is 10.0. The number of unbranched alkanes of at least 4 members (excludes halogenated alkanes) is 13. The minimum absolute atomic E-state index is 0.00809. The second-order valence-electron chi connectivity index (χ2n) is 15.7. The van der Waals surface area contributed by atoms with Crippen molar-refractivity contribution in [3.05, 3.63) is 0 Å². The van der Waals surface area contributed by atoms with Gasteiger partial charge in [-0.25, -0.2) is 4.79 Å². The Morgan fingerprint density at radius 3 is 0.940 bits per heavy atom. The zero-order valence-corrected chi connectivity index (χ0v) is 40.9. The zero-order chi connectivity index (χ0) is 48.8. The molecule has 0 fully saturated rings. The van der Waals surface area contributed by atoms with Crippen molar-refractivity contribution < 1.29 is 81.5 Å². The van der Waals surface area contributed by atoms with Crippen LogP contribution in [0.2, 0.25) is 0 Å². The molecule has 0 aromatic heterocycles. The fourth-order valence-corrected chi connectivity index (χ4v) is 6.22. The topological polar surface area (TPSA) is 260 Å². The van der Waals surface area contributed by atoms with Gasteiger partial charge >= 0.3 is 11.9 Å². The van der Waals surface area contributed by atoms with Crippen LogP contribution in [0.3, 0.4) is 0 Å². The molecule has 0 aliphatic carbocycles. The maximum absolute atomic E-state index is 12.3. The molecule has 0 spiro atoms. The molecule has 2 amide bonds. The highest BCUT2D eigenvalue weighted by atomic mass is 16.6. The van der Waals surface area contributed by atoms with Crippen LogP contribution in [-0.2, 0) is 71.3 Å². The fourth-order valence-electron chi connectivity index (χ4n) is 6.22. The number of hydrogen-bond donors (Lipinski definition) is 5. The minimum Gasteiger partial charge on any atom is -0.481 e. The van der Waals surface area contributed by atoms with Crippen LogP contribution in [0.1, 0.15) is 116 Å². The number of hydrogen-bond acceptors (Lipinski definition) is 16. The van der Waals surface area contributed by atoms with Gasteiger partial charge in [-0.3, -0.25) is 14.4 Å². The Labute approximate surface area is 400 Å². The Hall–Kier alpha value is -2.60. The monoisotopic (exact) mass is 970 g/mol. The van der Waals surface area contributed by atoms with E-state index in [4.69, 9.17) is 62.9 Å². The predicted octanol–water partition coefficient (Wildman–Crippen LogP) is 3.92. The average molecular weight is 970 g/mol. The van der Waals surface area contributed by atoms with Crippen LogP contribution >= 0.6 is 0 Å². The van der Waals surface area contributed by atoms with E-state index in [9.17, 15) is 24.3 Å². The van der Waals surface area contributed by atoms with Crippen LogP contribution in [0.5, 0.6) is 0 Å². The van der Waals surface area contributed by atoms with Gasteiger partial charge in [-0.15, -0.1) is 0 Å². The van der Waals surface area contributed by atoms with Crippen LogP contribution in [-0.4, -0.2) is 198 Å². The Balaban J connectivity index is 3.41. The summed E-state index contributed by atoms with van der Waals surface area (Å²) in [4.78, 5) is 46.8. The van der Waals surface area contributed by atoms with Crippen molar-refractivity contribution in [2.45, 2.75) is 122 Å². The van der Waals surface area contributed by atoms with Crippen LogP contribution in [0.4, 0.5) is 0 Å². The lowest BCUT2D eigenvalue weighted by Gasteiger charge is -2.14. The largest absolute Gasteiger partial charge is 0.481 e. The van der Waals surface area contributed by atoms with E-state index in [1.54, 1.807) is 0 Å². The Morgan fingerprint density at radius 2 is 0.642 bits per heavy atom. The Morgan fingerprint density at radius 1 is 0.358 bits per heavy atom. The zero-order valence-electron chi connectivity index (χ0n) is 40.9.